The lowest BCUT2D eigenvalue weighted by molar-refractivity contribution is -0.114. The Balaban J connectivity index is 2.03. The Labute approximate surface area is 159 Å². The van der Waals surface area contributed by atoms with E-state index >= 15 is 0 Å². The molecule has 3 aromatic rings. The number of carbonyl (C=O) groups is 1. The van der Waals surface area contributed by atoms with E-state index in [4.69, 9.17) is 0 Å². The van der Waals surface area contributed by atoms with Crippen LogP contribution in [0.15, 0.2) is 36.9 Å². The van der Waals surface area contributed by atoms with E-state index in [-0.39, 0.29) is 17.5 Å². The highest BCUT2D eigenvalue weighted by Gasteiger charge is 2.28. The lowest BCUT2D eigenvalue weighted by Gasteiger charge is -2.14. The van der Waals surface area contributed by atoms with Gasteiger partial charge in [-0.1, -0.05) is 0 Å². The summed E-state index contributed by atoms with van der Waals surface area (Å²) in [6.45, 7) is 3.89. The van der Waals surface area contributed by atoms with Crippen LogP contribution in [-0.2, 0) is 10.7 Å². The van der Waals surface area contributed by atoms with Crippen LogP contribution in [0, 0.1) is 6.92 Å². The van der Waals surface area contributed by atoms with E-state index in [1.165, 1.54) is 25.4 Å². The number of amides is 1. The third-order valence-corrected chi connectivity index (χ3v) is 3.58. The molecule has 3 aromatic heterocycles. The number of pyridine rings is 1. The summed E-state index contributed by atoms with van der Waals surface area (Å²) < 4.78 is 27.1. The van der Waals surface area contributed by atoms with Crippen molar-refractivity contribution in [1.29, 1.82) is 0 Å². The van der Waals surface area contributed by atoms with Gasteiger partial charge in [-0.25, -0.2) is 15.0 Å². The summed E-state index contributed by atoms with van der Waals surface area (Å²) in [7, 11) is 0. The fraction of sp³-hybridized carbons (Fsp3) is 0.222. The molecule has 8 nitrogen and oxygen atoms in total. The van der Waals surface area contributed by atoms with E-state index in [9.17, 15) is 13.6 Å². The molecule has 0 fully saturated rings. The van der Waals surface area contributed by atoms with Crippen LogP contribution in [0.3, 0.4) is 0 Å². The first kappa shape index (κ1) is 19.2. The topological polar surface area (TPSA) is 106 Å². The molecular weight excluding hydrogens is 368 g/mol. The Morgan fingerprint density at radius 1 is 1.07 bits per heavy atom. The lowest BCUT2D eigenvalue weighted by atomic mass is 10.1. The summed E-state index contributed by atoms with van der Waals surface area (Å²) in [5.74, 6) is -3.63. The minimum Gasteiger partial charge on any atom is -0.339 e. The number of nitrogens with zero attached hydrogens (tertiary/aromatic N) is 5. The second kappa shape index (κ2) is 7.59. The fourth-order valence-electron chi connectivity index (χ4n) is 2.32. The summed E-state index contributed by atoms with van der Waals surface area (Å²) in [5, 5.41) is 5.54. The van der Waals surface area contributed by atoms with Crippen molar-refractivity contribution in [1.82, 2.24) is 24.9 Å². The van der Waals surface area contributed by atoms with E-state index in [0.717, 1.165) is 12.6 Å². The van der Waals surface area contributed by atoms with Crippen molar-refractivity contribution in [2.24, 2.45) is 0 Å². The van der Waals surface area contributed by atoms with E-state index in [0.29, 0.717) is 16.9 Å². The number of hydrogen-bond acceptors (Lipinski definition) is 7. The minimum atomic E-state index is -3.18. The summed E-state index contributed by atoms with van der Waals surface area (Å²) in [6.07, 6.45) is 5.91. The van der Waals surface area contributed by atoms with Crippen LogP contribution < -0.4 is 10.6 Å². The lowest BCUT2D eigenvalue weighted by Crippen LogP contribution is -2.13. The van der Waals surface area contributed by atoms with E-state index in [1.54, 1.807) is 25.4 Å². The van der Waals surface area contributed by atoms with Crippen LogP contribution in [0.1, 0.15) is 25.4 Å². The minimum absolute atomic E-state index is 0.160. The van der Waals surface area contributed by atoms with Crippen LogP contribution in [0.4, 0.5) is 26.1 Å². The van der Waals surface area contributed by atoms with Crippen molar-refractivity contribution in [3.05, 3.63) is 48.4 Å². The molecule has 0 saturated carbocycles. The van der Waals surface area contributed by atoms with Gasteiger partial charge in [-0.2, -0.15) is 8.78 Å². The number of hydrogen-bond donors (Lipinski definition) is 2. The first-order chi connectivity index (χ1) is 13.2. The Hall–Kier alpha value is -3.56. The monoisotopic (exact) mass is 385 g/mol. The Morgan fingerprint density at radius 3 is 2.50 bits per heavy atom. The van der Waals surface area contributed by atoms with Crippen LogP contribution in [0.25, 0.3) is 11.3 Å². The molecular formula is C18H17F2N7O. The first-order valence-corrected chi connectivity index (χ1v) is 8.27. The van der Waals surface area contributed by atoms with Crippen molar-refractivity contribution in [2.75, 3.05) is 10.6 Å². The molecule has 0 aliphatic carbocycles. The first-order valence-electron chi connectivity index (χ1n) is 8.27. The van der Waals surface area contributed by atoms with Gasteiger partial charge in [0.05, 0.1) is 23.3 Å². The summed E-state index contributed by atoms with van der Waals surface area (Å²) in [4.78, 5) is 31.5. The third kappa shape index (κ3) is 4.58. The molecule has 1 amide bonds. The normalized spacial score (nSPS) is 11.2. The molecule has 28 heavy (non-hydrogen) atoms. The van der Waals surface area contributed by atoms with Crippen LogP contribution >= 0.6 is 0 Å². The molecule has 0 atom stereocenters. The van der Waals surface area contributed by atoms with Gasteiger partial charge in [-0.15, -0.1) is 0 Å². The molecule has 0 bridgehead atoms. The number of nitrogens with one attached hydrogen (secondary N) is 2. The van der Waals surface area contributed by atoms with Gasteiger partial charge in [0.1, 0.15) is 11.6 Å². The highest BCUT2D eigenvalue weighted by molar-refractivity contribution is 5.89. The highest BCUT2D eigenvalue weighted by Crippen LogP contribution is 2.31. The average Bonchev–Trinajstić information content (AvgIpc) is 2.62. The van der Waals surface area contributed by atoms with Gasteiger partial charge in [0.25, 0.3) is 0 Å². The zero-order valence-electron chi connectivity index (χ0n) is 15.4. The smallest absolute Gasteiger partial charge is 0.303 e. The Bertz CT molecular complexity index is 1000. The van der Waals surface area contributed by atoms with Crippen LogP contribution in [0.2, 0.25) is 0 Å². The van der Waals surface area contributed by atoms with Crippen molar-refractivity contribution in [3.8, 4) is 11.3 Å². The van der Waals surface area contributed by atoms with Crippen molar-refractivity contribution in [2.45, 2.75) is 26.7 Å². The summed E-state index contributed by atoms with van der Waals surface area (Å²) in [5.41, 5.74) is 2.28. The SMILES string of the molecule is CC(=O)Nc1cc(Nc2ccnc(C(C)(F)F)n2)c(-c2cnc(C)cn2)cn1. The number of halogens is 2. The second-order valence-electron chi connectivity index (χ2n) is 6.12. The summed E-state index contributed by atoms with van der Waals surface area (Å²) in [6, 6.07) is 3.02. The van der Waals surface area contributed by atoms with Gasteiger partial charge in [0, 0.05) is 44.1 Å². The fourth-order valence-corrected chi connectivity index (χ4v) is 2.32. The van der Waals surface area contributed by atoms with Gasteiger partial charge in [-0.3, -0.25) is 14.8 Å². The molecule has 0 aliphatic heterocycles. The van der Waals surface area contributed by atoms with E-state index in [2.05, 4.69) is 35.6 Å². The van der Waals surface area contributed by atoms with Crippen LogP contribution in [-0.4, -0.2) is 30.8 Å². The summed E-state index contributed by atoms with van der Waals surface area (Å²) >= 11 is 0. The molecule has 144 valence electrons. The third-order valence-electron chi connectivity index (χ3n) is 3.58. The van der Waals surface area contributed by atoms with Crippen molar-refractivity contribution < 1.29 is 13.6 Å². The largest absolute Gasteiger partial charge is 0.339 e. The van der Waals surface area contributed by atoms with E-state index < -0.39 is 11.7 Å². The predicted molar refractivity (Wildman–Crippen MR) is 99.2 cm³/mol. The van der Waals surface area contributed by atoms with Gasteiger partial charge >= 0.3 is 5.92 Å². The zero-order chi connectivity index (χ0) is 20.3. The van der Waals surface area contributed by atoms with Crippen molar-refractivity contribution >= 4 is 23.2 Å². The number of aryl methyl sites for hydroxylation is 1. The zero-order valence-corrected chi connectivity index (χ0v) is 15.4. The highest BCUT2D eigenvalue weighted by atomic mass is 19.3. The molecule has 10 heteroatoms. The molecule has 0 aromatic carbocycles. The van der Waals surface area contributed by atoms with Crippen LogP contribution in [0.5, 0.6) is 0 Å². The maximum Gasteiger partial charge on any atom is 0.303 e. The maximum atomic E-state index is 13.5. The number of rotatable bonds is 5. The van der Waals surface area contributed by atoms with Gasteiger partial charge in [-0.05, 0) is 13.0 Å². The standard InChI is InChI=1S/C18H17F2N7O/c1-10-7-23-14(9-22-10)12-8-24-16(25-11(2)28)6-13(12)26-15-4-5-21-17(27-15)18(3,19)20/h4-9H,1-3H3,(H2,21,24,25,26,27,28). The molecule has 0 spiro atoms. The number of carbonyl (C=O) groups excluding carboxylic acids is 1. The number of aromatic nitrogens is 5. The number of anilines is 3. The molecule has 3 rings (SSSR count). The van der Waals surface area contributed by atoms with Gasteiger partial charge < -0.3 is 10.6 Å². The quantitative estimate of drug-likeness (QED) is 0.693. The molecule has 2 N–H and O–H groups in total. The van der Waals surface area contributed by atoms with Gasteiger partial charge in [0.2, 0.25) is 11.7 Å². The maximum absolute atomic E-state index is 13.5. The molecule has 0 unspecified atom stereocenters. The van der Waals surface area contributed by atoms with Crippen molar-refractivity contribution in [3.63, 3.8) is 0 Å². The van der Waals surface area contributed by atoms with Gasteiger partial charge in [0.15, 0.2) is 0 Å². The second-order valence-corrected chi connectivity index (χ2v) is 6.12. The predicted octanol–water partition coefficient (Wildman–Crippen LogP) is 3.45. The molecule has 3 heterocycles. The Morgan fingerprint density at radius 2 is 1.86 bits per heavy atom. The number of alkyl halides is 2. The molecule has 0 radical (unpaired) electrons. The molecule has 0 saturated heterocycles. The Kier molecular flexibility index (Phi) is 5.21. The van der Waals surface area contributed by atoms with E-state index in [1.807, 2.05) is 0 Å². The average molecular weight is 385 g/mol. The molecule has 0 aliphatic rings.